The Kier molecular flexibility index (Phi) is 2.83. The Morgan fingerprint density at radius 1 is 1.33 bits per heavy atom. The molecule has 2 N–H and O–H groups in total. The predicted octanol–water partition coefficient (Wildman–Crippen LogP) is 2.60. The van der Waals surface area contributed by atoms with Crippen LogP contribution in [-0.4, -0.2) is 10.1 Å². The molecule has 0 spiro atoms. The zero-order valence-corrected chi connectivity index (χ0v) is 9.61. The van der Waals surface area contributed by atoms with Crippen molar-refractivity contribution in [1.29, 1.82) is 0 Å². The van der Waals surface area contributed by atoms with Crippen LogP contribution in [0.5, 0.6) is 5.88 Å². The average molecular weight is 239 g/mol. The van der Waals surface area contributed by atoms with Gasteiger partial charge >= 0.3 is 4.87 Å². The molecule has 0 aliphatic rings. The summed E-state index contributed by atoms with van der Waals surface area (Å²) in [6.07, 6.45) is 0. The third-order valence-corrected chi connectivity index (χ3v) is 3.88. The molecule has 0 fully saturated rings. The van der Waals surface area contributed by atoms with E-state index in [4.69, 9.17) is 0 Å². The second-order valence-corrected chi connectivity index (χ2v) is 5.39. The van der Waals surface area contributed by atoms with Gasteiger partial charge in [-0.25, -0.2) is 0 Å². The van der Waals surface area contributed by atoms with Gasteiger partial charge in [-0.15, -0.1) is 0 Å². The fourth-order valence-corrected chi connectivity index (χ4v) is 2.87. The van der Waals surface area contributed by atoms with Crippen LogP contribution >= 0.6 is 23.1 Å². The van der Waals surface area contributed by atoms with Crippen molar-refractivity contribution in [3.05, 3.63) is 39.5 Å². The predicted molar refractivity (Wildman–Crippen MR) is 61.9 cm³/mol. The van der Waals surface area contributed by atoms with Crippen molar-refractivity contribution in [2.45, 2.75) is 16.0 Å². The largest absolute Gasteiger partial charge is 0.493 e. The first-order valence-electron chi connectivity index (χ1n) is 4.32. The number of hydrogen-bond acceptors (Lipinski definition) is 4. The van der Waals surface area contributed by atoms with Gasteiger partial charge in [-0.3, -0.25) is 9.78 Å². The van der Waals surface area contributed by atoms with Crippen LogP contribution < -0.4 is 4.87 Å². The highest BCUT2D eigenvalue weighted by Crippen LogP contribution is 2.34. The molecule has 0 saturated carbocycles. The molecule has 0 amide bonds. The molecule has 0 bridgehead atoms. The maximum absolute atomic E-state index is 10.9. The normalized spacial score (nSPS) is 10.5. The Hall–Kier alpha value is -1.20. The van der Waals surface area contributed by atoms with Gasteiger partial charge in [0.25, 0.3) is 0 Å². The number of aromatic hydroxyl groups is 1. The van der Waals surface area contributed by atoms with Crippen LogP contribution in [0.3, 0.4) is 0 Å². The number of benzene rings is 1. The van der Waals surface area contributed by atoms with Crippen molar-refractivity contribution in [1.82, 2.24) is 4.98 Å². The SMILES string of the molecule is Cc1ccc(Sc2sc(=O)[nH]c2O)cc1. The number of aromatic amines is 1. The molecular weight excluding hydrogens is 230 g/mol. The van der Waals surface area contributed by atoms with Gasteiger partial charge in [0, 0.05) is 4.90 Å². The van der Waals surface area contributed by atoms with Gasteiger partial charge in [0.15, 0.2) is 0 Å². The Labute approximate surface area is 94.8 Å². The topological polar surface area (TPSA) is 53.1 Å². The fraction of sp³-hybridized carbons (Fsp3) is 0.100. The molecule has 2 rings (SSSR count). The average Bonchev–Trinajstić information content (AvgIpc) is 2.49. The fourth-order valence-electron chi connectivity index (χ4n) is 1.09. The summed E-state index contributed by atoms with van der Waals surface area (Å²) in [6, 6.07) is 7.91. The van der Waals surface area contributed by atoms with Crippen LogP contribution in [0.4, 0.5) is 0 Å². The molecule has 78 valence electrons. The Morgan fingerprint density at radius 2 is 2.00 bits per heavy atom. The van der Waals surface area contributed by atoms with Gasteiger partial charge in [0.05, 0.1) is 0 Å². The standard InChI is InChI=1S/C10H9NO2S2/c1-6-2-4-7(5-3-6)14-9-8(12)11-10(13)15-9/h2-5,12H,1H3,(H,11,13). The zero-order chi connectivity index (χ0) is 10.8. The van der Waals surface area contributed by atoms with Crippen molar-refractivity contribution in [2.75, 3.05) is 0 Å². The molecule has 0 unspecified atom stereocenters. The van der Waals surface area contributed by atoms with E-state index in [1.165, 1.54) is 17.3 Å². The number of H-pyrrole nitrogens is 1. The highest BCUT2D eigenvalue weighted by molar-refractivity contribution is 8.01. The van der Waals surface area contributed by atoms with E-state index in [0.29, 0.717) is 4.21 Å². The van der Waals surface area contributed by atoms with Crippen molar-refractivity contribution < 1.29 is 5.11 Å². The summed E-state index contributed by atoms with van der Waals surface area (Å²) in [5.74, 6) is -0.0458. The number of rotatable bonds is 2. The third-order valence-electron chi connectivity index (χ3n) is 1.83. The van der Waals surface area contributed by atoms with E-state index in [0.717, 1.165) is 16.2 Å². The Morgan fingerprint density at radius 3 is 2.53 bits per heavy atom. The van der Waals surface area contributed by atoms with Crippen LogP contribution in [0.2, 0.25) is 0 Å². The molecule has 0 saturated heterocycles. The number of aryl methyl sites for hydroxylation is 1. The first-order chi connectivity index (χ1) is 7.15. The lowest BCUT2D eigenvalue weighted by molar-refractivity contribution is 0.445. The number of nitrogens with one attached hydrogen (secondary N) is 1. The molecule has 15 heavy (non-hydrogen) atoms. The molecule has 2 aromatic rings. The highest BCUT2D eigenvalue weighted by Gasteiger charge is 2.07. The lowest BCUT2D eigenvalue weighted by Gasteiger charge is -1.98. The molecule has 0 radical (unpaired) electrons. The van der Waals surface area contributed by atoms with Gasteiger partial charge in [-0.2, -0.15) is 0 Å². The first-order valence-corrected chi connectivity index (χ1v) is 5.95. The minimum absolute atomic E-state index is 0.0458. The maximum Gasteiger partial charge on any atom is 0.308 e. The van der Waals surface area contributed by atoms with Crippen molar-refractivity contribution in [3.63, 3.8) is 0 Å². The van der Waals surface area contributed by atoms with Gasteiger partial charge in [0.2, 0.25) is 5.88 Å². The summed E-state index contributed by atoms with van der Waals surface area (Å²) in [5.41, 5.74) is 1.19. The van der Waals surface area contributed by atoms with Gasteiger partial charge in [-0.1, -0.05) is 40.8 Å². The maximum atomic E-state index is 10.9. The molecule has 0 aliphatic carbocycles. The second kappa shape index (κ2) is 4.12. The smallest absolute Gasteiger partial charge is 0.308 e. The molecule has 0 atom stereocenters. The van der Waals surface area contributed by atoms with E-state index < -0.39 is 0 Å². The van der Waals surface area contributed by atoms with Crippen LogP contribution in [-0.2, 0) is 0 Å². The summed E-state index contributed by atoms with van der Waals surface area (Å²) < 4.78 is 0.601. The molecule has 1 aromatic carbocycles. The minimum Gasteiger partial charge on any atom is -0.493 e. The number of aromatic nitrogens is 1. The van der Waals surface area contributed by atoms with E-state index in [-0.39, 0.29) is 10.8 Å². The minimum atomic E-state index is -0.234. The molecule has 1 heterocycles. The monoisotopic (exact) mass is 239 g/mol. The third kappa shape index (κ3) is 2.43. The summed E-state index contributed by atoms with van der Waals surface area (Å²) >= 11 is 2.40. The van der Waals surface area contributed by atoms with E-state index in [9.17, 15) is 9.90 Å². The second-order valence-electron chi connectivity index (χ2n) is 3.07. The van der Waals surface area contributed by atoms with Crippen LogP contribution in [0, 0.1) is 6.92 Å². The van der Waals surface area contributed by atoms with Crippen molar-refractivity contribution in [2.24, 2.45) is 0 Å². The van der Waals surface area contributed by atoms with Gasteiger partial charge in [-0.05, 0) is 19.1 Å². The molecule has 0 aliphatic heterocycles. The van der Waals surface area contributed by atoms with Crippen molar-refractivity contribution in [3.8, 4) is 5.88 Å². The van der Waals surface area contributed by atoms with Crippen LogP contribution in [0.15, 0.2) is 38.2 Å². The number of thiazole rings is 1. The summed E-state index contributed by atoms with van der Waals surface area (Å²) in [6.45, 7) is 2.01. The summed E-state index contributed by atoms with van der Waals surface area (Å²) in [7, 11) is 0. The van der Waals surface area contributed by atoms with E-state index in [1.807, 2.05) is 31.2 Å². The van der Waals surface area contributed by atoms with Crippen LogP contribution in [0.25, 0.3) is 0 Å². The van der Waals surface area contributed by atoms with E-state index >= 15 is 0 Å². The Balaban J connectivity index is 2.25. The first kappa shape index (κ1) is 10.3. The highest BCUT2D eigenvalue weighted by atomic mass is 32.2. The van der Waals surface area contributed by atoms with E-state index in [1.54, 1.807) is 0 Å². The molecule has 3 nitrogen and oxygen atoms in total. The van der Waals surface area contributed by atoms with Gasteiger partial charge in [0.1, 0.15) is 4.21 Å². The van der Waals surface area contributed by atoms with Crippen molar-refractivity contribution >= 4 is 23.1 Å². The lowest BCUT2D eigenvalue weighted by Crippen LogP contribution is -1.89. The molecule has 1 aromatic heterocycles. The zero-order valence-electron chi connectivity index (χ0n) is 7.98. The number of hydrogen-bond donors (Lipinski definition) is 2. The summed E-state index contributed by atoms with van der Waals surface area (Å²) in [5, 5.41) is 9.38. The molecular formula is C10H9NO2S2. The quantitative estimate of drug-likeness (QED) is 0.847. The molecule has 5 heteroatoms. The summed E-state index contributed by atoms with van der Waals surface area (Å²) in [4.78, 5) is 14.1. The van der Waals surface area contributed by atoms with E-state index in [2.05, 4.69) is 4.98 Å². The van der Waals surface area contributed by atoms with Gasteiger partial charge < -0.3 is 5.11 Å². The lowest BCUT2D eigenvalue weighted by atomic mass is 10.2. The Bertz CT molecular complexity index is 513. The van der Waals surface area contributed by atoms with Crippen LogP contribution in [0.1, 0.15) is 5.56 Å².